The van der Waals surface area contributed by atoms with Gasteiger partial charge in [-0.25, -0.2) is 0 Å². The molecule has 3 unspecified atom stereocenters. The molecule has 1 aromatic rings. The number of nitrogens with one attached hydrogen (secondary N) is 3. The molecule has 0 aromatic heterocycles. The highest BCUT2D eigenvalue weighted by Gasteiger charge is 2.27. The lowest BCUT2D eigenvalue weighted by molar-refractivity contribution is -0.124. The van der Waals surface area contributed by atoms with Gasteiger partial charge < -0.3 is 20.7 Å². The largest absolute Gasteiger partial charge is 0.478 e. The highest BCUT2D eigenvalue weighted by Crippen LogP contribution is 2.33. The Hall–Kier alpha value is -1.79. The summed E-state index contributed by atoms with van der Waals surface area (Å²) in [5, 5.41) is 9.08. The first-order valence-electron chi connectivity index (χ1n) is 8.23. The molecule has 24 heavy (non-hydrogen) atoms. The SMILES string of the molecule is CCC1Oc2cc(C(C)NC(=O)C3CCCN3)ccc2NC1=O.Cl. The number of ether oxygens (including phenoxy) is 1. The van der Waals surface area contributed by atoms with E-state index in [2.05, 4.69) is 16.0 Å². The zero-order valence-corrected chi connectivity index (χ0v) is 14.7. The van der Waals surface area contributed by atoms with E-state index in [0.29, 0.717) is 17.9 Å². The summed E-state index contributed by atoms with van der Waals surface area (Å²) in [6, 6.07) is 5.42. The van der Waals surface area contributed by atoms with Crippen molar-refractivity contribution in [3.05, 3.63) is 23.8 Å². The van der Waals surface area contributed by atoms with E-state index in [-0.39, 0.29) is 36.3 Å². The summed E-state index contributed by atoms with van der Waals surface area (Å²) in [7, 11) is 0. The van der Waals surface area contributed by atoms with E-state index in [9.17, 15) is 9.59 Å². The Balaban J connectivity index is 0.00000208. The summed E-state index contributed by atoms with van der Waals surface area (Å²) >= 11 is 0. The van der Waals surface area contributed by atoms with Crippen LogP contribution in [0.4, 0.5) is 5.69 Å². The number of anilines is 1. The number of rotatable bonds is 4. The van der Waals surface area contributed by atoms with Gasteiger partial charge in [0.05, 0.1) is 17.8 Å². The summed E-state index contributed by atoms with van der Waals surface area (Å²) in [4.78, 5) is 24.0. The average Bonchev–Trinajstić information content (AvgIpc) is 3.08. The van der Waals surface area contributed by atoms with Crippen molar-refractivity contribution in [2.45, 2.75) is 51.3 Å². The van der Waals surface area contributed by atoms with Crippen molar-refractivity contribution >= 4 is 29.9 Å². The Bertz CT molecular complexity index is 617. The van der Waals surface area contributed by atoms with Crippen LogP contribution in [0.5, 0.6) is 5.75 Å². The number of fused-ring (bicyclic) bond motifs is 1. The molecule has 3 rings (SSSR count). The minimum absolute atomic E-state index is 0. The lowest BCUT2D eigenvalue weighted by Crippen LogP contribution is -2.41. The second kappa shape index (κ2) is 7.85. The zero-order valence-electron chi connectivity index (χ0n) is 13.9. The molecule has 3 atom stereocenters. The predicted octanol–water partition coefficient (Wildman–Crippen LogP) is 2.15. The summed E-state index contributed by atoms with van der Waals surface area (Å²) in [6.07, 6.45) is 2.09. The standard InChI is InChI=1S/C17H23N3O3.ClH/c1-3-14-17(22)20-12-7-6-11(9-15(12)23-14)10(2)19-16(21)13-5-4-8-18-13;/h6-7,9-10,13-14,18H,3-5,8H2,1-2H3,(H,19,21)(H,20,22);1H. The first-order chi connectivity index (χ1) is 11.1. The summed E-state index contributed by atoms with van der Waals surface area (Å²) in [5.41, 5.74) is 1.64. The molecule has 1 saturated heterocycles. The van der Waals surface area contributed by atoms with Crippen LogP contribution in [0.2, 0.25) is 0 Å². The second-order valence-corrected chi connectivity index (χ2v) is 6.14. The van der Waals surface area contributed by atoms with Gasteiger partial charge in [0.15, 0.2) is 6.10 Å². The van der Waals surface area contributed by atoms with Gasteiger partial charge in [-0.1, -0.05) is 13.0 Å². The van der Waals surface area contributed by atoms with Gasteiger partial charge in [-0.3, -0.25) is 9.59 Å². The number of carbonyl (C=O) groups is 2. The Morgan fingerprint density at radius 1 is 1.46 bits per heavy atom. The van der Waals surface area contributed by atoms with Gasteiger partial charge in [-0.15, -0.1) is 12.4 Å². The third kappa shape index (κ3) is 3.82. The molecule has 2 aliphatic rings. The first kappa shape index (κ1) is 18.5. The van der Waals surface area contributed by atoms with E-state index in [1.165, 1.54) is 0 Å². The van der Waals surface area contributed by atoms with Gasteiger partial charge in [-0.05, 0) is 50.4 Å². The molecule has 132 valence electrons. The Labute approximate surface area is 148 Å². The average molecular weight is 354 g/mol. The third-order valence-corrected chi connectivity index (χ3v) is 4.43. The van der Waals surface area contributed by atoms with E-state index in [4.69, 9.17) is 4.74 Å². The van der Waals surface area contributed by atoms with E-state index in [0.717, 1.165) is 24.9 Å². The maximum absolute atomic E-state index is 12.2. The van der Waals surface area contributed by atoms with Crippen LogP contribution in [0.3, 0.4) is 0 Å². The maximum atomic E-state index is 12.2. The molecule has 2 aliphatic heterocycles. The van der Waals surface area contributed by atoms with Crippen LogP contribution < -0.4 is 20.7 Å². The van der Waals surface area contributed by atoms with Crippen LogP contribution in [0, 0.1) is 0 Å². The monoisotopic (exact) mass is 353 g/mol. The normalized spacial score (nSPS) is 23.3. The molecule has 0 saturated carbocycles. The van der Waals surface area contributed by atoms with Crippen LogP contribution >= 0.6 is 12.4 Å². The van der Waals surface area contributed by atoms with Gasteiger partial charge in [0.2, 0.25) is 5.91 Å². The molecule has 0 radical (unpaired) electrons. The van der Waals surface area contributed by atoms with Crippen LogP contribution in [0.1, 0.15) is 44.7 Å². The second-order valence-electron chi connectivity index (χ2n) is 6.14. The fraction of sp³-hybridized carbons (Fsp3) is 0.529. The minimum atomic E-state index is -0.453. The van der Waals surface area contributed by atoms with Crippen molar-refractivity contribution in [1.82, 2.24) is 10.6 Å². The maximum Gasteiger partial charge on any atom is 0.265 e. The van der Waals surface area contributed by atoms with E-state index in [1.54, 1.807) is 0 Å². The molecule has 1 fully saturated rings. The molecule has 0 aliphatic carbocycles. The smallest absolute Gasteiger partial charge is 0.265 e. The highest BCUT2D eigenvalue weighted by molar-refractivity contribution is 5.97. The Morgan fingerprint density at radius 2 is 2.25 bits per heavy atom. The highest BCUT2D eigenvalue weighted by atomic mass is 35.5. The Kier molecular flexibility index (Phi) is 6.07. The Morgan fingerprint density at radius 3 is 2.92 bits per heavy atom. The molecular formula is C17H24ClN3O3. The van der Waals surface area contributed by atoms with Gasteiger partial charge >= 0.3 is 0 Å². The van der Waals surface area contributed by atoms with Crippen molar-refractivity contribution in [3.8, 4) is 5.75 Å². The van der Waals surface area contributed by atoms with E-state index < -0.39 is 6.10 Å². The molecule has 6 nitrogen and oxygen atoms in total. The van der Waals surface area contributed by atoms with Gasteiger partial charge in [0.1, 0.15) is 5.75 Å². The summed E-state index contributed by atoms with van der Waals surface area (Å²) in [6.45, 7) is 4.76. The summed E-state index contributed by atoms with van der Waals surface area (Å²) in [5.74, 6) is 0.587. The number of carbonyl (C=O) groups excluding carboxylic acids is 2. The van der Waals surface area contributed by atoms with Crippen molar-refractivity contribution in [1.29, 1.82) is 0 Å². The molecule has 0 bridgehead atoms. The van der Waals surface area contributed by atoms with Crippen molar-refractivity contribution in [3.63, 3.8) is 0 Å². The zero-order chi connectivity index (χ0) is 16.4. The fourth-order valence-electron chi connectivity index (χ4n) is 3.00. The number of hydrogen-bond acceptors (Lipinski definition) is 4. The predicted molar refractivity (Wildman–Crippen MR) is 94.6 cm³/mol. The third-order valence-electron chi connectivity index (χ3n) is 4.43. The number of hydrogen-bond donors (Lipinski definition) is 3. The molecule has 0 spiro atoms. The molecule has 2 heterocycles. The van der Waals surface area contributed by atoms with Gasteiger partial charge in [-0.2, -0.15) is 0 Å². The fourth-order valence-corrected chi connectivity index (χ4v) is 3.00. The first-order valence-corrected chi connectivity index (χ1v) is 8.23. The topological polar surface area (TPSA) is 79.5 Å². The molecule has 7 heteroatoms. The van der Waals surface area contributed by atoms with Gasteiger partial charge in [0, 0.05) is 0 Å². The molecule has 2 amide bonds. The van der Waals surface area contributed by atoms with Crippen LogP contribution in [-0.4, -0.2) is 30.5 Å². The number of halogens is 1. The number of amides is 2. The van der Waals surface area contributed by atoms with Crippen LogP contribution in [0.25, 0.3) is 0 Å². The lowest BCUT2D eigenvalue weighted by Gasteiger charge is -2.26. The molecule has 3 N–H and O–H groups in total. The van der Waals surface area contributed by atoms with Crippen molar-refractivity contribution in [2.24, 2.45) is 0 Å². The van der Waals surface area contributed by atoms with Crippen molar-refractivity contribution < 1.29 is 14.3 Å². The van der Waals surface area contributed by atoms with E-state index in [1.807, 2.05) is 32.0 Å². The van der Waals surface area contributed by atoms with Crippen LogP contribution in [0.15, 0.2) is 18.2 Å². The summed E-state index contributed by atoms with van der Waals surface area (Å²) < 4.78 is 5.75. The van der Waals surface area contributed by atoms with E-state index >= 15 is 0 Å². The molecule has 1 aromatic carbocycles. The minimum Gasteiger partial charge on any atom is -0.478 e. The van der Waals surface area contributed by atoms with Gasteiger partial charge in [0.25, 0.3) is 5.91 Å². The van der Waals surface area contributed by atoms with Crippen molar-refractivity contribution in [2.75, 3.05) is 11.9 Å². The lowest BCUT2D eigenvalue weighted by atomic mass is 10.1. The number of benzene rings is 1. The molecular weight excluding hydrogens is 330 g/mol. The van der Waals surface area contributed by atoms with Crippen LogP contribution in [-0.2, 0) is 9.59 Å². The quantitative estimate of drug-likeness (QED) is 0.775.